The third-order valence-electron chi connectivity index (χ3n) is 3.33. The van der Waals surface area contributed by atoms with Crippen LogP contribution in [0.3, 0.4) is 0 Å². The second kappa shape index (κ2) is 7.43. The van der Waals surface area contributed by atoms with Gasteiger partial charge >= 0.3 is 5.97 Å². The number of carbonyl (C=O) groups is 2. The van der Waals surface area contributed by atoms with Gasteiger partial charge in [-0.2, -0.15) is 0 Å². The molecule has 132 valence electrons. The van der Waals surface area contributed by atoms with Gasteiger partial charge in [-0.15, -0.1) is 0 Å². The van der Waals surface area contributed by atoms with Crippen LogP contribution in [0.25, 0.3) is 0 Å². The predicted molar refractivity (Wildman–Crippen MR) is 87.1 cm³/mol. The van der Waals surface area contributed by atoms with Crippen LogP contribution in [0.15, 0.2) is 47.4 Å². The van der Waals surface area contributed by atoms with Crippen molar-refractivity contribution in [3.8, 4) is 5.75 Å². The fourth-order valence-corrected chi connectivity index (χ4v) is 2.61. The molecular formula is C17H15FO6S. The van der Waals surface area contributed by atoms with Crippen molar-refractivity contribution >= 4 is 21.6 Å². The van der Waals surface area contributed by atoms with Gasteiger partial charge in [0.2, 0.25) is 0 Å². The number of Topliss-reactive ketones (excluding diaryl/α,β-unsaturated/α-hetero) is 1. The molecule has 0 aliphatic heterocycles. The first-order valence-corrected chi connectivity index (χ1v) is 8.95. The van der Waals surface area contributed by atoms with Crippen LogP contribution in [0.5, 0.6) is 5.75 Å². The van der Waals surface area contributed by atoms with Gasteiger partial charge in [0.15, 0.2) is 33.8 Å². The van der Waals surface area contributed by atoms with Crippen molar-refractivity contribution in [2.75, 3.05) is 20.0 Å². The van der Waals surface area contributed by atoms with Crippen molar-refractivity contribution in [3.63, 3.8) is 0 Å². The molecule has 0 aliphatic carbocycles. The lowest BCUT2D eigenvalue weighted by molar-refractivity contribution is 0.0474. The third kappa shape index (κ3) is 4.63. The number of ketones is 1. The number of carbonyl (C=O) groups excluding carboxylic acids is 2. The maximum absolute atomic E-state index is 13.6. The highest BCUT2D eigenvalue weighted by Crippen LogP contribution is 2.18. The van der Waals surface area contributed by atoms with Crippen LogP contribution in [-0.4, -0.2) is 40.1 Å². The summed E-state index contributed by atoms with van der Waals surface area (Å²) in [6.45, 7) is -0.571. The van der Waals surface area contributed by atoms with Crippen LogP contribution in [0.1, 0.15) is 20.7 Å². The zero-order valence-electron chi connectivity index (χ0n) is 13.5. The zero-order valence-corrected chi connectivity index (χ0v) is 14.3. The van der Waals surface area contributed by atoms with Crippen LogP contribution in [0, 0.1) is 5.82 Å². The first kappa shape index (κ1) is 18.6. The fraction of sp³-hybridized carbons (Fsp3) is 0.176. The quantitative estimate of drug-likeness (QED) is 0.576. The van der Waals surface area contributed by atoms with Crippen molar-refractivity contribution in [1.29, 1.82) is 0 Å². The maximum atomic E-state index is 13.6. The first-order chi connectivity index (χ1) is 11.7. The molecule has 0 fully saturated rings. The molecule has 2 aromatic rings. The molecule has 0 atom stereocenters. The van der Waals surface area contributed by atoms with Gasteiger partial charge in [0, 0.05) is 11.8 Å². The minimum absolute atomic E-state index is 0.000453. The summed E-state index contributed by atoms with van der Waals surface area (Å²) in [5.41, 5.74) is 0.139. The second-order valence-electron chi connectivity index (χ2n) is 5.15. The summed E-state index contributed by atoms with van der Waals surface area (Å²) in [5, 5.41) is 0. The van der Waals surface area contributed by atoms with Gasteiger partial charge < -0.3 is 9.47 Å². The average Bonchev–Trinajstić information content (AvgIpc) is 2.58. The molecule has 6 nitrogen and oxygen atoms in total. The van der Waals surface area contributed by atoms with E-state index in [1.165, 1.54) is 43.5 Å². The standard InChI is InChI=1S/C17H15FO6S/c1-23-16-8-5-12(9-14(16)18)15(19)10-24-17(20)11-3-6-13(7-4-11)25(2,21)22/h3-9H,10H2,1-2H3. The van der Waals surface area contributed by atoms with Crippen molar-refractivity contribution in [2.45, 2.75) is 4.90 Å². The van der Waals surface area contributed by atoms with E-state index in [0.717, 1.165) is 12.3 Å². The summed E-state index contributed by atoms with van der Waals surface area (Å²) in [6, 6.07) is 8.77. The van der Waals surface area contributed by atoms with Gasteiger partial charge in [-0.25, -0.2) is 17.6 Å². The van der Waals surface area contributed by atoms with Crippen molar-refractivity contribution in [3.05, 3.63) is 59.4 Å². The first-order valence-electron chi connectivity index (χ1n) is 7.06. The molecule has 0 spiro atoms. The number of benzene rings is 2. The van der Waals surface area contributed by atoms with Gasteiger partial charge in [0.25, 0.3) is 0 Å². The summed E-state index contributed by atoms with van der Waals surface area (Å²) < 4.78 is 45.9. The largest absolute Gasteiger partial charge is 0.494 e. The minimum atomic E-state index is -3.37. The number of esters is 1. The zero-order chi connectivity index (χ0) is 18.6. The van der Waals surface area contributed by atoms with E-state index in [1.54, 1.807) is 0 Å². The number of hydrogen-bond acceptors (Lipinski definition) is 6. The van der Waals surface area contributed by atoms with E-state index in [0.29, 0.717) is 0 Å². The molecule has 0 aliphatic rings. The SMILES string of the molecule is COc1ccc(C(=O)COC(=O)c2ccc(S(C)(=O)=O)cc2)cc1F. The van der Waals surface area contributed by atoms with Gasteiger partial charge in [-0.3, -0.25) is 4.79 Å². The van der Waals surface area contributed by atoms with E-state index in [-0.39, 0.29) is 21.8 Å². The van der Waals surface area contributed by atoms with Gasteiger partial charge in [-0.1, -0.05) is 0 Å². The monoisotopic (exact) mass is 366 g/mol. The Bertz CT molecular complexity index is 903. The second-order valence-corrected chi connectivity index (χ2v) is 7.16. The van der Waals surface area contributed by atoms with Crippen LogP contribution in [0.2, 0.25) is 0 Å². The molecule has 0 bridgehead atoms. The Balaban J connectivity index is 2.02. The highest BCUT2D eigenvalue weighted by molar-refractivity contribution is 7.90. The van der Waals surface area contributed by atoms with Crippen LogP contribution in [0.4, 0.5) is 4.39 Å². The smallest absolute Gasteiger partial charge is 0.338 e. The normalized spacial score (nSPS) is 11.0. The fourth-order valence-electron chi connectivity index (χ4n) is 1.98. The molecule has 25 heavy (non-hydrogen) atoms. The molecule has 0 saturated carbocycles. The topological polar surface area (TPSA) is 86.7 Å². The van der Waals surface area contributed by atoms with Crippen LogP contribution in [-0.2, 0) is 14.6 Å². The molecule has 8 heteroatoms. The molecule has 0 aromatic heterocycles. The Morgan fingerprint density at radius 1 is 1.04 bits per heavy atom. The van der Waals surface area contributed by atoms with Gasteiger partial charge in [0.1, 0.15) is 0 Å². The molecule has 2 aromatic carbocycles. The molecule has 0 N–H and O–H groups in total. The number of hydrogen-bond donors (Lipinski definition) is 0. The van der Waals surface area contributed by atoms with Crippen molar-refractivity contribution in [1.82, 2.24) is 0 Å². The number of ether oxygens (including phenoxy) is 2. The van der Waals surface area contributed by atoms with E-state index in [9.17, 15) is 22.4 Å². The van der Waals surface area contributed by atoms with E-state index in [4.69, 9.17) is 9.47 Å². The summed E-state index contributed by atoms with van der Waals surface area (Å²) in [6.07, 6.45) is 1.05. The Morgan fingerprint density at radius 3 is 2.16 bits per heavy atom. The van der Waals surface area contributed by atoms with Crippen molar-refractivity contribution < 1.29 is 31.9 Å². The number of methoxy groups -OCH3 is 1. The molecule has 0 unspecified atom stereocenters. The van der Waals surface area contributed by atoms with E-state index in [1.807, 2.05) is 0 Å². The molecule has 0 saturated heterocycles. The Labute approximate surface area is 144 Å². The van der Waals surface area contributed by atoms with Gasteiger partial charge in [-0.05, 0) is 42.5 Å². The number of sulfone groups is 1. The van der Waals surface area contributed by atoms with Crippen molar-refractivity contribution in [2.24, 2.45) is 0 Å². The third-order valence-corrected chi connectivity index (χ3v) is 4.45. The highest BCUT2D eigenvalue weighted by atomic mass is 32.2. The number of rotatable bonds is 6. The van der Waals surface area contributed by atoms with Gasteiger partial charge in [0.05, 0.1) is 17.6 Å². The molecule has 0 heterocycles. The molecular weight excluding hydrogens is 351 g/mol. The summed E-state index contributed by atoms with van der Waals surface area (Å²) >= 11 is 0. The Kier molecular flexibility index (Phi) is 5.53. The van der Waals surface area contributed by atoms with E-state index < -0.39 is 34.0 Å². The van der Waals surface area contributed by atoms with E-state index >= 15 is 0 Å². The summed E-state index contributed by atoms with van der Waals surface area (Å²) in [7, 11) is -2.07. The van der Waals surface area contributed by atoms with Crippen LogP contribution >= 0.6 is 0 Å². The average molecular weight is 366 g/mol. The molecule has 0 radical (unpaired) electrons. The minimum Gasteiger partial charge on any atom is -0.494 e. The van der Waals surface area contributed by atoms with E-state index in [2.05, 4.69) is 0 Å². The molecule has 2 rings (SSSR count). The lowest BCUT2D eigenvalue weighted by Crippen LogP contribution is -2.14. The lowest BCUT2D eigenvalue weighted by Gasteiger charge is -2.07. The lowest BCUT2D eigenvalue weighted by atomic mass is 10.1. The molecule has 0 amide bonds. The maximum Gasteiger partial charge on any atom is 0.338 e. The highest BCUT2D eigenvalue weighted by Gasteiger charge is 2.15. The van der Waals surface area contributed by atoms with Crippen LogP contribution < -0.4 is 4.74 Å². The Morgan fingerprint density at radius 2 is 1.64 bits per heavy atom. The summed E-state index contributed by atoms with van der Waals surface area (Å²) in [5.74, 6) is -2.07. The Hall–Kier alpha value is -2.74. The predicted octanol–water partition coefficient (Wildman–Crippen LogP) is 2.28. The number of halogens is 1. The summed E-state index contributed by atoms with van der Waals surface area (Å²) in [4.78, 5) is 23.9.